The van der Waals surface area contributed by atoms with Gasteiger partial charge in [0.1, 0.15) is 5.82 Å². The Morgan fingerprint density at radius 3 is 2.71 bits per heavy atom. The molecule has 0 aliphatic carbocycles. The summed E-state index contributed by atoms with van der Waals surface area (Å²) in [5.41, 5.74) is 10.4. The Balaban J connectivity index is 2.38. The van der Waals surface area contributed by atoms with Crippen molar-refractivity contribution in [2.24, 2.45) is 11.7 Å². The zero-order valence-corrected chi connectivity index (χ0v) is 13.5. The van der Waals surface area contributed by atoms with Crippen LogP contribution in [0.5, 0.6) is 0 Å². The van der Waals surface area contributed by atoms with Crippen LogP contribution in [0, 0.1) is 11.7 Å². The van der Waals surface area contributed by atoms with Gasteiger partial charge in [0, 0.05) is 17.6 Å². The number of nitrogens with zero attached hydrogens (tertiary/aromatic N) is 1. The van der Waals surface area contributed by atoms with Crippen molar-refractivity contribution in [2.75, 3.05) is 18.8 Å². The monoisotopic (exact) mass is 379 g/mol. The number of benzene rings is 1. The van der Waals surface area contributed by atoms with Crippen LogP contribution in [0.1, 0.15) is 12.8 Å². The molecule has 0 aromatic heterocycles. The Morgan fingerprint density at radius 2 is 2.10 bits per heavy atom. The predicted molar refractivity (Wildman–Crippen MR) is 79.2 cm³/mol. The Morgan fingerprint density at radius 1 is 1.43 bits per heavy atom. The largest absolute Gasteiger partial charge is 0.396 e. The van der Waals surface area contributed by atoms with E-state index in [1.807, 2.05) is 0 Å². The normalized spacial score (nSPS) is 20.4. The highest BCUT2D eigenvalue weighted by molar-refractivity contribution is 9.10. The van der Waals surface area contributed by atoms with E-state index in [9.17, 15) is 17.6 Å². The average molecular weight is 380 g/mol. The number of amides is 1. The highest BCUT2D eigenvalue weighted by atomic mass is 79.9. The minimum atomic E-state index is -3.87. The quantitative estimate of drug-likeness (QED) is 0.765. The summed E-state index contributed by atoms with van der Waals surface area (Å²) >= 11 is 3.03. The number of rotatable bonds is 3. The second-order valence-corrected chi connectivity index (χ2v) is 7.67. The SMILES string of the molecule is NC(=O)C1CCCN(S(=O)(=O)c2cc(N)c(F)cc2Br)C1. The molecule has 9 heteroatoms. The molecule has 1 aliphatic heterocycles. The second kappa shape index (κ2) is 5.90. The third-order valence-corrected chi connectivity index (χ3v) is 6.28. The fourth-order valence-corrected chi connectivity index (χ4v) is 4.81. The molecule has 1 amide bonds. The number of nitrogen functional groups attached to an aromatic ring is 1. The molecule has 1 saturated heterocycles. The molecule has 2 rings (SSSR count). The van der Waals surface area contributed by atoms with Gasteiger partial charge in [0.05, 0.1) is 16.5 Å². The molecule has 0 spiro atoms. The first kappa shape index (κ1) is 16.2. The van der Waals surface area contributed by atoms with Crippen LogP contribution >= 0.6 is 15.9 Å². The van der Waals surface area contributed by atoms with E-state index in [0.717, 1.165) is 12.1 Å². The first-order valence-electron chi connectivity index (χ1n) is 6.27. The Bertz CT molecular complexity index is 681. The third kappa shape index (κ3) is 3.19. The average Bonchev–Trinajstić information content (AvgIpc) is 2.42. The highest BCUT2D eigenvalue weighted by Gasteiger charge is 2.33. The molecule has 21 heavy (non-hydrogen) atoms. The van der Waals surface area contributed by atoms with E-state index in [4.69, 9.17) is 11.5 Å². The molecule has 6 nitrogen and oxygen atoms in total. The van der Waals surface area contributed by atoms with Gasteiger partial charge in [-0.05, 0) is 40.9 Å². The molecule has 1 aliphatic rings. The smallest absolute Gasteiger partial charge is 0.244 e. The van der Waals surface area contributed by atoms with E-state index in [2.05, 4.69) is 15.9 Å². The van der Waals surface area contributed by atoms with Gasteiger partial charge in [0.25, 0.3) is 0 Å². The van der Waals surface area contributed by atoms with Gasteiger partial charge in [0.15, 0.2) is 0 Å². The van der Waals surface area contributed by atoms with Crippen molar-refractivity contribution >= 4 is 37.5 Å². The van der Waals surface area contributed by atoms with Crippen molar-refractivity contribution in [3.8, 4) is 0 Å². The molecular formula is C12H15BrFN3O3S. The van der Waals surface area contributed by atoms with Gasteiger partial charge in [0.2, 0.25) is 15.9 Å². The number of nitrogens with two attached hydrogens (primary N) is 2. The van der Waals surface area contributed by atoms with Crippen LogP contribution in [-0.4, -0.2) is 31.7 Å². The van der Waals surface area contributed by atoms with Gasteiger partial charge < -0.3 is 11.5 Å². The van der Waals surface area contributed by atoms with Gasteiger partial charge in [-0.25, -0.2) is 12.8 Å². The minimum absolute atomic E-state index is 0.0292. The standard InChI is InChI=1S/C12H15BrFN3O3S/c13-8-4-9(14)10(15)5-11(8)21(19,20)17-3-1-2-7(6-17)12(16)18/h4-5,7H,1-3,6,15H2,(H2,16,18). The van der Waals surface area contributed by atoms with Crippen molar-refractivity contribution in [2.45, 2.75) is 17.7 Å². The molecular weight excluding hydrogens is 365 g/mol. The maximum Gasteiger partial charge on any atom is 0.244 e. The summed E-state index contributed by atoms with van der Waals surface area (Å²) in [5.74, 6) is -1.73. The van der Waals surface area contributed by atoms with Gasteiger partial charge in [-0.2, -0.15) is 4.31 Å². The lowest BCUT2D eigenvalue weighted by Crippen LogP contribution is -2.44. The highest BCUT2D eigenvalue weighted by Crippen LogP contribution is 2.31. The van der Waals surface area contributed by atoms with Crippen LogP contribution in [0.25, 0.3) is 0 Å². The second-order valence-electron chi connectivity index (χ2n) is 4.91. The van der Waals surface area contributed by atoms with Crippen molar-refractivity contribution < 1.29 is 17.6 Å². The zero-order chi connectivity index (χ0) is 15.8. The Kier molecular flexibility index (Phi) is 4.54. The molecule has 0 bridgehead atoms. The van der Waals surface area contributed by atoms with E-state index in [1.165, 1.54) is 4.31 Å². The first-order valence-corrected chi connectivity index (χ1v) is 8.50. The molecule has 116 valence electrons. The van der Waals surface area contributed by atoms with E-state index in [-0.39, 0.29) is 28.1 Å². The van der Waals surface area contributed by atoms with E-state index in [0.29, 0.717) is 12.8 Å². The van der Waals surface area contributed by atoms with Crippen molar-refractivity contribution in [3.05, 3.63) is 22.4 Å². The minimum Gasteiger partial charge on any atom is -0.396 e. The topological polar surface area (TPSA) is 106 Å². The van der Waals surface area contributed by atoms with Crippen LogP contribution in [0.3, 0.4) is 0 Å². The van der Waals surface area contributed by atoms with Gasteiger partial charge >= 0.3 is 0 Å². The molecule has 1 atom stereocenters. The molecule has 0 radical (unpaired) electrons. The zero-order valence-electron chi connectivity index (χ0n) is 11.1. The number of hydrogen-bond donors (Lipinski definition) is 2. The summed E-state index contributed by atoms with van der Waals surface area (Å²) in [6, 6.07) is 2.08. The number of halogens is 2. The predicted octanol–water partition coefficient (Wildman–Crippen LogP) is 1.06. The van der Waals surface area contributed by atoms with Gasteiger partial charge in [-0.1, -0.05) is 0 Å². The van der Waals surface area contributed by atoms with E-state index in [1.54, 1.807) is 0 Å². The first-order chi connectivity index (χ1) is 9.73. The number of anilines is 1. The fraction of sp³-hybridized carbons (Fsp3) is 0.417. The number of piperidine rings is 1. The van der Waals surface area contributed by atoms with Crippen LogP contribution in [-0.2, 0) is 14.8 Å². The number of hydrogen-bond acceptors (Lipinski definition) is 4. The lowest BCUT2D eigenvalue weighted by Gasteiger charge is -2.30. The summed E-state index contributed by atoms with van der Waals surface area (Å²) in [6.07, 6.45) is 1.11. The fourth-order valence-electron chi connectivity index (χ4n) is 2.27. The number of carbonyl (C=O) groups is 1. The number of primary amides is 1. The lowest BCUT2D eigenvalue weighted by molar-refractivity contribution is -0.122. The van der Waals surface area contributed by atoms with Crippen molar-refractivity contribution in [1.29, 1.82) is 0 Å². The number of carbonyl (C=O) groups excluding carboxylic acids is 1. The van der Waals surface area contributed by atoms with Gasteiger partial charge in [-0.3, -0.25) is 4.79 Å². The molecule has 0 saturated carbocycles. The molecule has 4 N–H and O–H groups in total. The third-order valence-electron chi connectivity index (χ3n) is 3.46. The van der Waals surface area contributed by atoms with Crippen LogP contribution in [0.4, 0.5) is 10.1 Å². The summed E-state index contributed by atoms with van der Waals surface area (Å²) < 4.78 is 39.8. The summed E-state index contributed by atoms with van der Waals surface area (Å²) in [6.45, 7) is 0.317. The maximum absolute atomic E-state index is 13.3. The lowest BCUT2D eigenvalue weighted by atomic mass is 9.99. The molecule has 1 heterocycles. The Labute approximate surface area is 130 Å². The summed E-state index contributed by atoms with van der Waals surface area (Å²) in [5, 5.41) is 0. The van der Waals surface area contributed by atoms with Crippen LogP contribution < -0.4 is 11.5 Å². The van der Waals surface area contributed by atoms with E-state index < -0.39 is 27.7 Å². The van der Waals surface area contributed by atoms with Gasteiger partial charge in [-0.15, -0.1) is 0 Å². The summed E-state index contributed by atoms with van der Waals surface area (Å²) in [4.78, 5) is 11.1. The number of sulfonamides is 1. The molecule has 1 aromatic carbocycles. The van der Waals surface area contributed by atoms with E-state index >= 15 is 0 Å². The summed E-state index contributed by atoms with van der Waals surface area (Å²) in [7, 11) is -3.87. The molecule has 1 fully saturated rings. The Hall–Kier alpha value is -1.19. The van der Waals surface area contributed by atoms with Crippen molar-refractivity contribution in [1.82, 2.24) is 4.31 Å². The van der Waals surface area contributed by atoms with Crippen LogP contribution in [0.15, 0.2) is 21.5 Å². The molecule has 1 unspecified atom stereocenters. The van der Waals surface area contributed by atoms with Crippen molar-refractivity contribution in [3.63, 3.8) is 0 Å². The maximum atomic E-state index is 13.3. The molecule has 1 aromatic rings. The van der Waals surface area contributed by atoms with Crippen LogP contribution in [0.2, 0.25) is 0 Å².